The van der Waals surface area contributed by atoms with Crippen LogP contribution in [0.25, 0.3) is 62.6 Å². The molecule has 206 valence electrons. The van der Waals surface area contributed by atoms with Gasteiger partial charge in [0.1, 0.15) is 0 Å². The molecule has 2 heterocycles. The van der Waals surface area contributed by atoms with Crippen molar-refractivity contribution in [3.63, 3.8) is 0 Å². The second-order valence-electron chi connectivity index (χ2n) is 10.1. The van der Waals surface area contributed by atoms with E-state index in [1.165, 1.54) is 0 Å². The van der Waals surface area contributed by atoms with Crippen LogP contribution in [0.3, 0.4) is 0 Å². The SMILES string of the molecule is CCOC(=O)c1cc(-c2cc3cc4ccccc4cc3s2)c(C(=O)OCC)cc1-c1cc2cc3ccccc3cc2s1. The van der Waals surface area contributed by atoms with Crippen LogP contribution in [0.5, 0.6) is 0 Å². The van der Waals surface area contributed by atoms with E-state index >= 15 is 0 Å². The Labute approximate surface area is 250 Å². The van der Waals surface area contributed by atoms with Crippen molar-refractivity contribution in [3.05, 3.63) is 108 Å². The molecule has 0 saturated carbocycles. The lowest BCUT2D eigenvalue weighted by atomic mass is 9.95. The van der Waals surface area contributed by atoms with Crippen LogP contribution in [0, 0.1) is 0 Å². The number of hydrogen-bond acceptors (Lipinski definition) is 6. The molecule has 7 aromatic rings. The Morgan fingerprint density at radius 1 is 0.524 bits per heavy atom. The van der Waals surface area contributed by atoms with Gasteiger partial charge in [-0.15, -0.1) is 22.7 Å². The Hall–Kier alpha value is -4.52. The number of esters is 2. The van der Waals surface area contributed by atoms with Crippen molar-refractivity contribution in [2.75, 3.05) is 13.2 Å². The van der Waals surface area contributed by atoms with Crippen molar-refractivity contribution in [1.29, 1.82) is 0 Å². The predicted octanol–water partition coefficient (Wildman–Crippen LogP) is 10.1. The molecule has 4 nitrogen and oxygen atoms in total. The number of benzene rings is 5. The lowest BCUT2D eigenvalue weighted by Gasteiger charge is -2.14. The summed E-state index contributed by atoms with van der Waals surface area (Å²) in [6.07, 6.45) is 0. The molecular formula is C36H26O4S2. The maximum absolute atomic E-state index is 13.4. The van der Waals surface area contributed by atoms with Crippen LogP contribution in [-0.2, 0) is 9.47 Å². The third-order valence-electron chi connectivity index (χ3n) is 7.45. The lowest BCUT2D eigenvalue weighted by Crippen LogP contribution is -2.11. The summed E-state index contributed by atoms with van der Waals surface area (Å²) >= 11 is 3.20. The fourth-order valence-electron chi connectivity index (χ4n) is 5.48. The summed E-state index contributed by atoms with van der Waals surface area (Å²) in [5, 5.41) is 6.79. The summed E-state index contributed by atoms with van der Waals surface area (Å²) in [7, 11) is 0. The van der Waals surface area contributed by atoms with E-state index in [2.05, 4.69) is 60.7 Å². The normalized spacial score (nSPS) is 11.5. The summed E-state index contributed by atoms with van der Waals surface area (Å²) in [5.41, 5.74) is 2.19. The largest absolute Gasteiger partial charge is 0.462 e. The van der Waals surface area contributed by atoms with Crippen LogP contribution in [0.15, 0.2) is 97.1 Å². The molecule has 42 heavy (non-hydrogen) atoms. The van der Waals surface area contributed by atoms with Crippen LogP contribution >= 0.6 is 22.7 Å². The first kappa shape index (κ1) is 26.4. The number of thiophene rings is 2. The maximum Gasteiger partial charge on any atom is 0.338 e. The number of carbonyl (C=O) groups is 2. The van der Waals surface area contributed by atoms with E-state index in [1.807, 2.05) is 36.4 Å². The summed E-state index contributed by atoms with van der Waals surface area (Å²) in [4.78, 5) is 28.7. The van der Waals surface area contributed by atoms with Gasteiger partial charge in [-0.1, -0.05) is 48.5 Å². The van der Waals surface area contributed by atoms with Crippen molar-refractivity contribution in [1.82, 2.24) is 0 Å². The van der Waals surface area contributed by atoms with Crippen LogP contribution in [0.2, 0.25) is 0 Å². The molecule has 7 rings (SSSR count). The molecule has 0 aliphatic heterocycles. The predicted molar refractivity (Wildman–Crippen MR) is 175 cm³/mol. The van der Waals surface area contributed by atoms with Gasteiger partial charge >= 0.3 is 11.9 Å². The number of ether oxygens (including phenoxy) is 2. The molecule has 0 bridgehead atoms. The molecule has 0 saturated heterocycles. The highest BCUT2D eigenvalue weighted by Crippen LogP contribution is 2.43. The number of carbonyl (C=O) groups excluding carboxylic acids is 2. The van der Waals surface area contributed by atoms with Crippen molar-refractivity contribution < 1.29 is 19.1 Å². The third kappa shape index (κ3) is 4.63. The zero-order valence-electron chi connectivity index (χ0n) is 23.1. The molecule has 0 atom stereocenters. The minimum Gasteiger partial charge on any atom is -0.462 e. The first-order valence-corrected chi connectivity index (χ1v) is 15.5. The molecule has 0 radical (unpaired) electrons. The average molecular weight is 587 g/mol. The minimum absolute atomic E-state index is 0.251. The smallest absolute Gasteiger partial charge is 0.338 e. The van der Waals surface area contributed by atoms with E-state index < -0.39 is 11.9 Å². The fourth-order valence-corrected chi connectivity index (χ4v) is 7.73. The van der Waals surface area contributed by atoms with E-state index in [0.29, 0.717) is 22.3 Å². The monoisotopic (exact) mass is 586 g/mol. The van der Waals surface area contributed by atoms with E-state index in [1.54, 1.807) is 36.5 Å². The topological polar surface area (TPSA) is 52.6 Å². The summed E-state index contributed by atoms with van der Waals surface area (Å²) in [5.74, 6) is -0.836. The Morgan fingerprint density at radius 3 is 1.29 bits per heavy atom. The highest BCUT2D eigenvalue weighted by molar-refractivity contribution is 7.22. The summed E-state index contributed by atoms with van der Waals surface area (Å²) in [6.45, 7) is 4.10. The van der Waals surface area contributed by atoms with Gasteiger partial charge in [-0.2, -0.15) is 0 Å². The van der Waals surface area contributed by atoms with Crippen LogP contribution in [0.1, 0.15) is 34.6 Å². The van der Waals surface area contributed by atoms with E-state index in [9.17, 15) is 9.59 Å². The second-order valence-corrected chi connectivity index (χ2v) is 12.2. The average Bonchev–Trinajstić information content (AvgIpc) is 3.61. The number of rotatable bonds is 6. The van der Waals surface area contributed by atoms with Gasteiger partial charge in [-0.25, -0.2) is 9.59 Å². The van der Waals surface area contributed by atoms with Gasteiger partial charge in [0, 0.05) is 30.3 Å². The summed E-state index contributed by atoms with van der Waals surface area (Å²) < 4.78 is 13.3. The minimum atomic E-state index is -0.418. The first-order valence-electron chi connectivity index (χ1n) is 13.9. The van der Waals surface area contributed by atoms with Gasteiger partial charge in [0.15, 0.2) is 0 Å². The van der Waals surface area contributed by atoms with E-state index in [-0.39, 0.29) is 13.2 Å². The highest BCUT2D eigenvalue weighted by atomic mass is 32.1. The van der Waals surface area contributed by atoms with Gasteiger partial charge in [-0.05, 0) is 94.7 Å². The molecule has 0 spiro atoms. The molecule has 0 unspecified atom stereocenters. The van der Waals surface area contributed by atoms with Gasteiger partial charge in [0.25, 0.3) is 0 Å². The number of fused-ring (bicyclic) bond motifs is 4. The van der Waals surface area contributed by atoms with Crippen molar-refractivity contribution in [2.45, 2.75) is 13.8 Å². The Bertz CT molecular complexity index is 1910. The Kier molecular flexibility index (Phi) is 6.73. The van der Waals surface area contributed by atoms with Gasteiger partial charge in [0.2, 0.25) is 0 Å². The summed E-state index contributed by atoms with van der Waals surface area (Å²) in [6, 6.07) is 33.0. The van der Waals surface area contributed by atoms with Crippen LogP contribution in [0.4, 0.5) is 0 Å². The first-order chi connectivity index (χ1) is 20.5. The molecule has 0 amide bonds. The third-order valence-corrected chi connectivity index (χ3v) is 9.71. The fraction of sp³-hybridized carbons (Fsp3) is 0.111. The van der Waals surface area contributed by atoms with E-state index in [4.69, 9.17) is 9.47 Å². The molecular weight excluding hydrogens is 561 g/mol. The Morgan fingerprint density at radius 2 is 0.905 bits per heavy atom. The molecule has 0 N–H and O–H groups in total. The zero-order valence-corrected chi connectivity index (χ0v) is 24.7. The quantitative estimate of drug-likeness (QED) is 0.182. The molecule has 5 aromatic carbocycles. The van der Waals surface area contributed by atoms with Crippen LogP contribution in [-0.4, -0.2) is 25.2 Å². The lowest BCUT2D eigenvalue weighted by molar-refractivity contribution is 0.0513. The standard InChI is InChI=1S/C36H26O4S2/c1-3-39-35(37)29-19-28(34-18-26-14-22-10-6-8-12-24(22)16-32(26)42-34)30(36(38)40-4-2)20-27(29)33-17-25-13-21-9-5-7-11-23(21)15-31(25)41-33/h5-20H,3-4H2,1-2H3. The van der Waals surface area contributed by atoms with E-state index in [0.717, 1.165) is 51.5 Å². The maximum atomic E-state index is 13.4. The molecule has 0 fully saturated rings. The van der Waals surface area contributed by atoms with Crippen molar-refractivity contribution in [3.8, 4) is 20.9 Å². The van der Waals surface area contributed by atoms with Gasteiger partial charge in [-0.3, -0.25) is 0 Å². The van der Waals surface area contributed by atoms with Gasteiger partial charge in [0.05, 0.1) is 24.3 Å². The van der Waals surface area contributed by atoms with Crippen LogP contribution < -0.4 is 0 Å². The zero-order chi connectivity index (χ0) is 28.8. The molecule has 2 aromatic heterocycles. The molecule has 0 aliphatic rings. The van der Waals surface area contributed by atoms with Crippen molar-refractivity contribution >= 4 is 76.3 Å². The second kappa shape index (κ2) is 10.7. The van der Waals surface area contributed by atoms with Gasteiger partial charge < -0.3 is 9.47 Å². The molecule has 0 aliphatic carbocycles. The highest BCUT2D eigenvalue weighted by Gasteiger charge is 2.25. The number of hydrogen-bond donors (Lipinski definition) is 0. The molecule has 6 heteroatoms. The Balaban J connectivity index is 1.46. The van der Waals surface area contributed by atoms with Crippen molar-refractivity contribution in [2.24, 2.45) is 0 Å².